The van der Waals surface area contributed by atoms with Gasteiger partial charge < -0.3 is 10.2 Å². The van der Waals surface area contributed by atoms with Gasteiger partial charge in [0.05, 0.1) is 9.79 Å². The average molecular weight is 471 g/mol. The molecular formula is C24H16Cl2O4S. The van der Waals surface area contributed by atoms with Crippen molar-refractivity contribution in [3.05, 3.63) is 95.0 Å². The summed E-state index contributed by atoms with van der Waals surface area (Å²) in [5.41, 5.74) is 1.47. The van der Waals surface area contributed by atoms with Gasteiger partial charge in [-0.2, -0.15) is 0 Å². The highest BCUT2D eigenvalue weighted by Crippen LogP contribution is 2.41. The number of phenolic OH excluding ortho intramolecular Hbond substituents is 2. The lowest BCUT2D eigenvalue weighted by atomic mass is 10.1. The molecule has 4 rings (SSSR count). The van der Waals surface area contributed by atoms with E-state index in [1.165, 1.54) is 36.4 Å². The fourth-order valence-corrected chi connectivity index (χ4v) is 5.53. The number of aromatic hydroxyl groups is 2. The van der Waals surface area contributed by atoms with Gasteiger partial charge in [0, 0.05) is 32.3 Å². The Morgan fingerprint density at radius 2 is 0.935 bits per heavy atom. The number of hydrogen-bond donors (Lipinski definition) is 2. The third-order valence-electron chi connectivity index (χ3n) is 4.83. The minimum absolute atomic E-state index is 0.0302. The Bertz CT molecular complexity index is 1300. The Morgan fingerprint density at radius 1 is 0.548 bits per heavy atom. The van der Waals surface area contributed by atoms with E-state index in [9.17, 15) is 18.6 Å². The van der Waals surface area contributed by atoms with Crippen LogP contribution in [0.4, 0.5) is 0 Å². The summed E-state index contributed by atoms with van der Waals surface area (Å²) in [6.45, 7) is 0. The van der Waals surface area contributed by atoms with Gasteiger partial charge in [0.1, 0.15) is 11.5 Å². The number of rotatable bonds is 4. The number of benzene rings is 4. The molecule has 0 aliphatic carbocycles. The first kappa shape index (κ1) is 21.2. The van der Waals surface area contributed by atoms with Crippen molar-refractivity contribution < 1.29 is 18.6 Å². The maximum absolute atomic E-state index is 13.8. The highest BCUT2D eigenvalue weighted by Gasteiger charge is 2.27. The summed E-state index contributed by atoms with van der Waals surface area (Å²) in [5.74, 6) is -0.184. The first-order chi connectivity index (χ1) is 14.8. The molecule has 4 aromatic rings. The first-order valence-corrected chi connectivity index (χ1v) is 11.4. The van der Waals surface area contributed by atoms with Gasteiger partial charge >= 0.3 is 0 Å². The summed E-state index contributed by atoms with van der Waals surface area (Å²) in [6.07, 6.45) is 0. The van der Waals surface area contributed by atoms with E-state index in [4.69, 9.17) is 23.2 Å². The minimum Gasteiger partial charge on any atom is -0.508 e. The molecule has 0 aliphatic heterocycles. The van der Waals surface area contributed by atoms with Crippen LogP contribution in [-0.4, -0.2) is 18.6 Å². The zero-order chi connectivity index (χ0) is 22.2. The van der Waals surface area contributed by atoms with Crippen LogP contribution in [0, 0.1) is 0 Å². The van der Waals surface area contributed by atoms with E-state index in [1.54, 1.807) is 48.5 Å². The van der Waals surface area contributed by atoms with Crippen LogP contribution >= 0.6 is 23.2 Å². The highest BCUT2D eigenvalue weighted by molar-refractivity contribution is 7.91. The summed E-state index contributed by atoms with van der Waals surface area (Å²) in [4.78, 5) is -0.0604. The molecular weight excluding hydrogens is 455 g/mol. The van der Waals surface area contributed by atoms with Gasteiger partial charge in [-0.1, -0.05) is 59.6 Å². The summed E-state index contributed by atoms with van der Waals surface area (Å²) in [5, 5.41) is 20.8. The van der Waals surface area contributed by atoms with Crippen LogP contribution in [0.1, 0.15) is 0 Å². The molecule has 0 spiro atoms. The minimum atomic E-state index is -4.10. The quantitative estimate of drug-likeness (QED) is 0.353. The van der Waals surface area contributed by atoms with Gasteiger partial charge in [0.15, 0.2) is 0 Å². The Kier molecular flexibility index (Phi) is 5.67. The molecule has 0 unspecified atom stereocenters. The smallest absolute Gasteiger partial charge is 0.207 e. The molecule has 0 aliphatic rings. The predicted octanol–water partition coefficient (Wildman–Crippen LogP) is 6.57. The molecule has 31 heavy (non-hydrogen) atoms. The lowest BCUT2D eigenvalue weighted by Crippen LogP contribution is -2.06. The van der Waals surface area contributed by atoms with Crippen molar-refractivity contribution in [2.24, 2.45) is 0 Å². The van der Waals surface area contributed by atoms with E-state index in [-0.39, 0.29) is 32.4 Å². The molecule has 0 amide bonds. The molecule has 0 radical (unpaired) electrons. The second-order valence-corrected chi connectivity index (χ2v) is 9.52. The van der Waals surface area contributed by atoms with Gasteiger partial charge in [-0.15, -0.1) is 0 Å². The van der Waals surface area contributed by atoms with Gasteiger partial charge in [-0.25, -0.2) is 8.42 Å². The summed E-state index contributed by atoms with van der Waals surface area (Å²) in [7, 11) is -4.10. The fourth-order valence-electron chi connectivity index (χ4n) is 3.40. The standard InChI is InChI=1S/C24H16Cl2O4S/c25-21-7-3-1-5-17(21)19-13-15(27)9-11-23(19)31(29,30)24-12-10-16(28)14-20(24)18-6-2-4-8-22(18)26/h1-14,27-28H. The third kappa shape index (κ3) is 4.00. The maximum Gasteiger partial charge on any atom is 0.207 e. The van der Waals surface area contributed by atoms with Crippen molar-refractivity contribution in [1.29, 1.82) is 0 Å². The zero-order valence-electron chi connectivity index (χ0n) is 16.0. The predicted molar refractivity (Wildman–Crippen MR) is 123 cm³/mol. The Balaban J connectivity index is 2.01. The molecule has 0 saturated carbocycles. The van der Waals surface area contributed by atoms with Crippen LogP contribution in [0.15, 0.2) is 94.7 Å². The molecule has 2 N–H and O–H groups in total. The molecule has 4 nitrogen and oxygen atoms in total. The Morgan fingerprint density at radius 3 is 1.32 bits per heavy atom. The first-order valence-electron chi connectivity index (χ1n) is 9.20. The SMILES string of the molecule is O=S(=O)(c1ccc(O)cc1-c1ccccc1Cl)c1ccc(O)cc1-c1ccccc1Cl. The van der Waals surface area contributed by atoms with Gasteiger partial charge in [-0.05, 0) is 48.5 Å². The van der Waals surface area contributed by atoms with E-state index < -0.39 is 9.84 Å². The second kappa shape index (κ2) is 8.27. The maximum atomic E-state index is 13.8. The third-order valence-corrected chi connectivity index (χ3v) is 7.36. The summed E-state index contributed by atoms with van der Waals surface area (Å²) >= 11 is 12.6. The van der Waals surface area contributed by atoms with Crippen LogP contribution in [-0.2, 0) is 9.84 Å². The Hall–Kier alpha value is -2.99. The van der Waals surface area contributed by atoms with Crippen LogP contribution < -0.4 is 0 Å². The van der Waals surface area contributed by atoms with Gasteiger partial charge in [-0.3, -0.25) is 0 Å². The lowest BCUT2D eigenvalue weighted by molar-refractivity contribution is 0.474. The van der Waals surface area contributed by atoms with Gasteiger partial charge in [0.2, 0.25) is 9.84 Å². The Labute approximate surface area is 189 Å². The molecule has 7 heteroatoms. The lowest BCUT2D eigenvalue weighted by Gasteiger charge is -2.16. The largest absolute Gasteiger partial charge is 0.508 e. The molecule has 0 fully saturated rings. The number of hydrogen-bond acceptors (Lipinski definition) is 4. The summed E-state index contributed by atoms with van der Waals surface area (Å²) in [6, 6.07) is 21.6. The van der Waals surface area contributed by atoms with Crippen LogP contribution in [0.2, 0.25) is 10.0 Å². The number of phenols is 2. The van der Waals surface area contributed by atoms with Crippen molar-refractivity contribution >= 4 is 33.0 Å². The molecule has 0 aromatic heterocycles. The highest BCUT2D eigenvalue weighted by atomic mass is 35.5. The molecule has 4 aromatic carbocycles. The normalized spacial score (nSPS) is 11.4. The van der Waals surface area contributed by atoms with Crippen molar-refractivity contribution in [2.75, 3.05) is 0 Å². The molecule has 0 heterocycles. The van der Waals surface area contributed by atoms with E-state index in [2.05, 4.69) is 0 Å². The van der Waals surface area contributed by atoms with Crippen LogP contribution in [0.25, 0.3) is 22.3 Å². The van der Waals surface area contributed by atoms with E-state index in [1.807, 2.05) is 0 Å². The van der Waals surface area contributed by atoms with Crippen LogP contribution in [0.5, 0.6) is 11.5 Å². The average Bonchev–Trinajstić information content (AvgIpc) is 2.74. The number of halogens is 2. The molecule has 156 valence electrons. The van der Waals surface area contributed by atoms with E-state index in [0.29, 0.717) is 21.2 Å². The topological polar surface area (TPSA) is 74.6 Å². The molecule has 0 bridgehead atoms. The van der Waals surface area contributed by atoms with Crippen molar-refractivity contribution in [1.82, 2.24) is 0 Å². The van der Waals surface area contributed by atoms with E-state index in [0.717, 1.165) is 0 Å². The van der Waals surface area contributed by atoms with Gasteiger partial charge in [0.25, 0.3) is 0 Å². The van der Waals surface area contributed by atoms with Crippen molar-refractivity contribution in [3.63, 3.8) is 0 Å². The van der Waals surface area contributed by atoms with Crippen molar-refractivity contribution in [2.45, 2.75) is 9.79 Å². The van der Waals surface area contributed by atoms with Crippen molar-refractivity contribution in [3.8, 4) is 33.8 Å². The monoisotopic (exact) mass is 470 g/mol. The van der Waals surface area contributed by atoms with E-state index >= 15 is 0 Å². The number of sulfone groups is 1. The zero-order valence-corrected chi connectivity index (χ0v) is 18.3. The second-order valence-electron chi connectivity index (χ2n) is 6.82. The molecule has 0 saturated heterocycles. The molecule has 0 atom stereocenters. The van der Waals surface area contributed by atoms with Crippen LogP contribution in [0.3, 0.4) is 0 Å². The fraction of sp³-hybridized carbons (Fsp3) is 0. The summed E-state index contributed by atoms with van der Waals surface area (Å²) < 4.78 is 27.6.